The molecule has 0 saturated heterocycles. The summed E-state index contributed by atoms with van der Waals surface area (Å²) in [4.78, 5) is 4.14. The zero-order valence-electron chi connectivity index (χ0n) is 12.8. The maximum absolute atomic E-state index is 13.2. The number of ether oxygens (including phenoxy) is 1. The van der Waals surface area contributed by atoms with Crippen molar-refractivity contribution in [2.75, 3.05) is 18.2 Å². The number of hydrogen-bond acceptors (Lipinski definition) is 4. The first-order chi connectivity index (χ1) is 11.0. The van der Waals surface area contributed by atoms with Gasteiger partial charge in [0.15, 0.2) is 0 Å². The summed E-state index contributed by atoms with van der Waals surface area (Å²) in [6.45, 7) is 1.92. The minimum absolute atomic E-state index is 0.0525. The fourth-order valence-corrected chi connectivity index (χ4v) is 2.41. The van der Waals surface area contributed by atoms with Crippen molar-refractivity contribution in [3.63, 3.8) is 0 Å². The van der Waals surface area contributed by atoms with Gasteiger partial charge in [-0.15, -0.1) is 0 Å². The second-order valence-electron chi connectivity index (χ2n) is 4.93. The number of benzene rings is 2. The summed E-state index contributed by atoms with van der Waals surface area (Å²) >= 11 is 5.80. The summed E-state index contributed by atoms with van der Waals surface area (Å²) in [6, 6.07) is 7.75. The average Bonchev–Trinajstić information content (AvgIpc) is 2.52. The second kappa shape index (κ2) is 7.19. The number of nitrogens with zero attached hydrogens (tertiary/aromatic N) is 1. The Labute approximate surface area is 139 Å². The van der Waals surface area contributed by atoms with Crippen molar-refractivity contribution in [3.05, 3.63) is 46.7 Å². The molecular weight excluding hydrogens is 319 g/mol. The van der Waals surface area contributed by atoms with E-state index in [0.717, 1.165) is 5.56 Å². The van der Waals surface area contributed by atoms with Crippen LogP contribution in [0.25, 0.3) is 0 Å². The van der Waals surface area contributed by atoms with Crippen LogP contribution in [0.2, 0.25) is 5.02 Å². The number of methoxy groups -OCH3 is 1. The molecular formula is C16H18ClFN4O. The quantitative estimate of drug-likeness (QED) is 0.439. The Morgan fingerprint density at radius 1 is 1.35 bits per heavy atom. The molecule has 122 valence electrons. The number of halogens is 2. The van der Waals surface area contributed by atoms with E-state index >= 15 is 0 Å². The Morgan fingerprint density at radius 3 is 2.70 bits per heavy atom. The van der Waals surface area contributed by atoms with Gasteiger partial charge in [0.2, 0.25) is 0 Å². The van der Waals surface area contributed by atoms with Gasteiger partial charge in [-0.2, -0.15) is 0 Å². The molecule has 0 amide bonds. The van der Waals surface area contributed by atoms with Crippen LogP contribution in [0.15, 0.2) is 35.3 Å². The number of nitrogen functional groups attached to an aromatic ring is 1. The molecule has 2 rings (SSSR count). The van der Waals surface area contributed by atoms with Crippen molar-refractivity contribution >= 4 is 35.0 Å². The Kier molecular flexibility index (Phi) is 5.28. The molecule has 0 aliphatic heterocycles. The fourth-order valence-electron chi connectivity index (χ4n) is 2.23. The van der Waals surface area contributed by atoms with E-state index in [4.69, 9.17) is 27.8 Å². The van der Waals surface area contributed by atoms with Crippen LogP contribution in [0.4, 0.5) is 21.5 Å². The highest BCUT2D eigenvalue weighted by molar-refractivity contribution is 6.31. The highest BCUT2D eigenvalue weighted by atomic mass is 35.5. The van der Waals surface area contributed by atoms with Gasteiger partial charge >= 0.3 is 0 Å². The number of hydrogen-bond donors (Lipinski definition) is 3. The van der Waals surface area contributed by atoms with Gasteiger partial charge in [-0.05, 0) is 31.2 Å². The average molecular weight is 337 g/mol. The Hall–Kier alpha value is -2.47. The molecule has 0 aromatic heterocycles. The molecule has 2 aromatic rings. The minimum atomic E-state index is -0.466. The number of nitrogens with one attached hydrogen (secondary N) is 1. The van der Waals surface area contributed by atoms with E-state index in [9.17, 15) is 4.39 Å². The third-order valence-electron chi connectivity index (χ3n) is 3.36. The van der Waals surface area contributed by atoms with E-state index in [1.54, 1.807) is 18.2 Å². The first-order valence-corrected chi connectivity index (χ1v) is 7.27. The molecule has 7 heteroatoms. The second-order valence-corrected chi connectivity index (χ2v) is 5.33. The smallest absolute Gasteiger partial charge is 0.143 e. The number of anilines is 2. The van der Waals surface area contributed by atoms with Crippen LogP contribution in [0.3, 0.4) is 0 Å². The summed E-state index contributed by atoms with van der Waals surface area (Å²) in [7, 11) is 1.53. The normalized spacial score (nSPS) is 12.3. The summed E-state index contributed by atoms with van der Waals surface area (Å²) in [5, 5.41) is 3.28. The van der Waals surface area contributed by atoms with E-state index in [1.165, 1.54) is 25.6 Å². The number of aliphatic imine (C=N–C) groups is 1. The lowest BCUT2D eigenvalue weighted by atomic mass is 10.0. The summed E-state index contributed by atoms with van der Waals surface area (Å²) < 4.78 is 18.4. The Bertz CT molecular complexity index is 736. The molecule has 5 nitrogen and oxygen atoms in total. The van der Waals surface area contributed by atoms with Crippen molar-refractivity contribution < 1.29 is 9.13 Å². The molecule has 0 aliphatic carbocycles. The van der Waals surface area contributed by atoms with E-state index in [2.05, 4.69) is 10.3 Å². The van der Waals surface area contributed by atoms with Gasteiger partial charge in [-0.3, -0.25) is 0 Å². The summed E-state index contributed by atoms with van der Waals surface area (Å²) in [5.41, 5.74) is 14.0. The molecule has 0 aliphatic rings. The molecule has 0 radical (unpaired) electrons. The van der Waals surface area contributed by atoms with Gasteiger partial charge < -0.3 is 21.5 Å². The first kappa shape index (κ1) is 16.9. The fraction of sp³-hybridized carbons (Fsp3) is 0.188. The standard InChI is InChI=1S/C16H18ClFN4O/c1-9(22-10-3-4-13(18)12(17)5-10)11-6-14(20)16(23-2)7-15(11)21-8-19/h3-9,22H,20H2,1-2H3,(H2,19,21). The minimum Gasteiger partial charge on any atom is -0.495 e. The van der Waals surface area contributed by atoms with Crippen LogP contribution in [0.1, 0.15) is 18.5 Å². The zero-order chi connectivity index (χ0) is 17.0. The predicted molar refractivity (Wildman–Crippen MR) is 93.2 cm³/mol. The van der Waals surface area contributed by atoms with Crippen molar-refractivity contribution in [2.45, 2.75) is 13.0 Å². The van der Waals surface area contributed by atoms with Gasteiger partial charge in [0.05, 0.1) is 35.9 Å². The van der Waals surface area contributed by atoms with Crippen LogP contribution in [-0.4, -0.2) is 13.4 Å². The maximum atomic E-state index is 13.2. The largest absolute Gasteiger partial charge is 0.495 e. The van der Waals surface area contributed by atoms with E-state index < -0.39 is 5.82 Å². The van der Waals surface area contributed by atoms with Gasteiger partial charge in [0.1, 0.15) is 11.6 Å². The van der Waals surface area contributed by atoms with Crippen molar-refractivity contribution in [1.29, 1.82) is 0 Å². The molecule has 23 heavy (non-hydrogen) atoms. The van der Waals surface area contributed by atoms with E-state index in [1.807, 2.05) is 6.92 Å². The third kappa shape index (κ3) is 3.84. The summed E-state index contributed by atoms with van der Waals surface area (Å²) in [5.74, 6) is 0.0540. The van der Waals surface area contributed by atoms with Crippen LogP contribution in [-0.2, 0) is 0 Å². The maximum Gasteiger partial charge on any atom is 0.143 e. The predicted octanol–water partition coefficient (Wildman–Crippen LogP) is 3.86. The molecule has 0 bridgehead atoms. The Balaban J connectivity index is 2.35. The van der Waals surface area contributed by atoms with E-state index in [-0.39, 0.29) is 11.1 Å². The monoisotopic (exact) mass is 336 g/mol. The van der Waals surface area contributed by atoms with Crippen LogP contribution >= 0.6 is 11.6 Å². The number of rotatable bonds is 5. The van der Waals surface area contributed by atoms with Gasteiger partial charge in [-0.25, -0.2) is 9.38 Å². The topological polar surface area (TPSA) is 85.7 Å². The van der Waals surface area contributed by atoms with Gasteiger partial charge in [0, 0.05) is 17.3 Å². The molecule has 5 N–H and O–H groups in total. The highest BCUT2D eigenvalue weighted by Crippen LogP contribution is 2.36. The van der Waals surface area contributed by atoms with Crippen LogP contribution in [0.5, 0.6) is 5.75 Å². The molecule has 0 spiro atoms. The molecule has 1 atom stereocenters. The van der Waals surface area contributed by atoms with Crippen molar-refractivity contribution in [2.24, 2.45) is 10.7 Å². The molecule has 0 saturated carbocycles. The van der Waals surface area contributed by atoms with Crippen LogP contribution < -0.4 is 21.5 Å². The molecule has 0 fully saturated rings. The SMILES string of the molecule is COc1cc(N=CN)c(C(C)Nc2ccc(F)c(Cl)c2)cc1N. The molecule has 2 aromatic carbocycles. The lowest BCUT2D eigenvalue weighted by Crippen LogP contribution is -2.08. The van der Waals surface area contributed by atoms with E-state index in [0.29, 0.717) is 22.8 Å². The van der Waals surface area contributed by atoms with Gasteiger partial charge in [0.25, 0.3) is 0 Å². The number of nitrogens with two attached hydrogens (primary N) is 2. The first-order valence-electron chi connectivity index (χ1n) is 6.89. The third-order valence-corrected chi connectivity index (χ3v) is 3.65. The lowest BCUT2D eigenvalue weighted by Gasteiger charge is -2.19. The molecule has 1 unspecified atom stereocenters. The van der Waals surface area contributed by atoms with Gasteiger partial charge in [-0.1, -0.05) is 11.6 Å². The molecule has 0 heterocycles. The zero-order valence-corrected chi connectivity index (χ0v) is 13.6. The van der Waals surface area contributed by atoms with Crippen molar-refractivity contribution in [3.8, 4) is 5.75 Å². The highest BCUT2D eigenvalue weighted by Gasteiger charge is 2.14. The summed E-state index contributed by atoms with van der Waals surface area (Å²) in [6.07, 6.45) is 1.20. The van der Waals surface area contributed by atoms with Crippen LogP contribution in [0, 0.1) is 5.82 Å². The lowest BCUT2D eigenvalue weighted by molar-refractivity contribution is 0.417. The van der Waals surface area contributed by atoms with Crippen molar-refractivity contribution in [1.82, 2.24) is 0 Å². The Morgan fingerprint density at radius 2 is 2.09 bits per heavy atom.